The Morgan fingerprint density at radius 3 is 2.44 bits per heavy atom. The molecule has 0 saturated carbocycles. The van der Waals surface area contributed by atoms with Crippen LogP contribution < -0.4 is 10.1 Å². The number of methoxy groups -OCH3 is 1. The third-order valence-electron chi connectivity index (χ3n) is 4.16. The summed E-state index contributed by atoms with van der Waals surface area (Å²) in [4.78, 5) is 23.2. The third kappa shape index (κ3) is 4.52. The highest BCUT2D eigenvalue weighted by molar-refractivity contribution is 6.04. The topological polar surface area (TPSA) is 60.3 Å². The molecule has 1 amide bonds. The summed E-state index contributed by atoms with van der Waals surface area (Å²) < 4.78 is 6.88. The third-order valence-corrected chi connectivity index (χ3v) is 4.16. The highest BCUT2D eigenvalue weighted by Gasteiger charge is 2.08. The normalized spacial score (nSPS) is 10.7. The van der Waals surface area contributed by atoms with Crippen molar-refractivity contribution in [3.63, 3.8) is 0 Å². The van der Waals surface area contributed by atoms with E-state index in [4.69, 9.17) is 4.74 Å². The molecule has 0 saturated heterocycles. The summed E-state index contributed by atoms with van der Waals surface area (Å²) in [7, 11) is 3.39. The fourth-order valence-corrected chi connectivity index (χ4v) is 2.65. The van der Waals surface area contributed by atoms with E-state index in [-0.39, 0.29) is 5.91 Å². The van der Waals surface area contributed by atoms with Crippen LogP contribution in [-0.2, 0) is 7.05 Å². The number of hydrogen-bond acceptors (Lipinski definition) is 3. The molecule has 0 fully saturated rings. The number of aldehydes is 1. The second-order valence-corrected chi connectivity index (χ2v) is 6.07. The lowest BCUT2D eigenvalue weighted by Crippen LogP contribution is -2.11. The number of anilines is 1. The first kappa shape index (κ1) is 18.2. The van der Waals surface area contributed by atoms with E-state index >= 15 is 0 Å². The maximum Gasteiger partial charge on any atom is 0.255 e. The van der Waals surface area contributed by atoms with E-state index in [2.05, 4.69) is 5.32 Å². The summed E-state index contributed by atoms with van der Waals surface area (Å²) in [5, 5.41) is 2.79. The number of nitrogens with one attached hydrogen (secondary N) is 1. The van der Waals surface area contributed by atoms with Gasteiger partial charge in [-0.05, 0) is 41.5 Å². The van der Waals surface area contributed by atoms with Gasteiger partial charge >= 0.3 is 0 Å². The Bertz CT molecular complexity index is 985. The van der Waals surface area contributed by atoms with Crippen LogP contribution in [0, 0.1) is 0 Å². The number of carbonyl (C=O) groups is 2. The molecule has 0 aliphatic rings. The number of hydrogen-bond donors (Lipinski definition) is 1. The van der Waals surface area contributed by atoms with E-state index in [1.54, 1.807) is 43.1 Å². The summed E-state index contributed by atoms with van der Waals surface area (Å²) >= 11 is 0. The maximum absolute atomic E-state index is 12.3. The first-order chi connectivity index (χ1) is 13.1. The molecule has 0 radical (unpaired) electrons. The molecule has 5 heteroatoms. The van der Waals surface area contributed by atoms with Crippen molar-refractivity contribution < 1.29 is 14.3 Å². The first-order valence-corrected chi connectivity index (χ1v) is 8.44. The van der Waals surface area contributed by atoms with Gasteiger partial charge in [0.2, 0.25) is 0 Å². The molecule has 3 rings (SSSR count). The Morgan fingerprint density at radius 1 is 1.04 bits per heavy atom. The van der Waals surface area contributed by atoms with Gasteiger partial charge in [0.25, 0.3) is 5.91 Å². The molecule has 0 aliphatic carbocycles. The van der Waals surface area contributed by atoms with Crippen molar-refractivity contribution >= 4 is 30.0 Å². The highest BCUT2D eigenvalue weighted by Crippen LogP contribution is 2.16. The van der Waals surface area contributed by atoms with E-state index in [1.165, 1.54) is 0 Å². The van der Waals surface area contributed by atoms with Gasteiger partial charge in [-0.3, -0.25) is 9.59 Å². The Kier molecular flexibility index (Phi) is 5.52. The molecule has 0 bridgehead atoms. The Balaban J connectivity index is 1.67. The molecule has 5 nitrogen and oxygen atoms in total. The van der Waals surface area contributed by atoms with E-state index in [0.717, 1.165) is 23.2 Å². The van der Waals surface area contributed by atoms with Gasteiger partial charge in [0.05, 0.1) is 18.5 Å². The van der Waals surface area contributed by atoms with Crippen molar-refractivity contribution in [3.05, 3.63) is 83.2 Å². The van der Waals surface area contributed by atoms with Gasteiger partial charge < -0.3 is 14.6 Å². The number of amides is 1. The van der Waals surface area contributed by atoms with Gasteiger partial charge in [0.1, 0.15) is 5.75 Å². The fraction of sp³-hybridized carbons (Fsp3) is 0.0909. The largest absolute Gasteiger partial charge is 0.497 e. The van der Waals surface area contributed by atoms with Gasteiger partial charge in [-0.25, -0.2) is 0 Å². The van der Waals surface area contributed by atoms with Crippen LogP contribution in [0.15, 0.2) is 60.8 Å². The molecule has 0 aliphatic heterocycles. The highest BCUT2D eigenvalue weighted by atomic mass is 16.5. The molecule has 27 heavy (non-hydrogen) atoms. The van der Waals surface area contributed by atoms with Crippen molar-refractivity contribution in [3.8, 4) is 5.75 Å². The van der Waals surface area contributed by atoms with Crippen LogP contribution in [0.2, 0.25) is 0 Å². The van der Waals surface area contributed by atoms with Gasteiger partial charge in [0.15, 0.2) is 6.29 Å². The second-order valence-electron chi connectivity index (χ2n) is 6.07. The van der Waals surface area contributed by atoms with E-state index < -0.39 is 0 Å². The van der Waals surface area contributed by atoms with Crippen molar-refractivity contribution in [2.45, 2.75) is 0 Å². The van der Waals surface area contributed by atoms with Crippen LogP contribution in [0.5, 0.6) is 5.75 Å². The fourth-order valence-electron chi connectivity index (χ4n) is 2.65. The molecular weight excluding hydrogens is 340 g/mol. The zero-order chi connectivity index (χ0) is 19.2. The zero-order valence-electron chi connectivity index (χ0n) is 15.2. The van der Waals surface area contributed by atoms with E-state index in [9.17, 15) is 9.59 Å². The van der Waals surface area contributed by atoms with Crippen LogP contribution in [0.25, 0.3) is 12.2 Å². The number of nitrogens with zero attached hydrogens (tertiary/aromatic N) is 1. The summed E-state index contributed by atoms with van der Waals surface area (Å²) in [6.07, 6.45) is 6.42. The van der Waals surface area contributed by atoms with Gasteiger partial charge in [-0.2, -0.15) is 0 Å². The van der Waals surface area contributed by atoms with Crippen LogP contribution in [0.3, 0.4) is 0 Å². The number of aryl methyl sites for hydroxylation is 1. The molecule has 1 aromatic heterocycles. The molecule has 3 aromatic rings. The van der Waals surface area contributed by atoms with Crippen molar-refractivity contribution in [1.29, 1.82) is 0 Å². The van der Waals surface area contributed by atoms with Gasteiger partial charge in [0, 0.05) is 18.8 Å². The smallest absolute Gasteiger partial charge is 0.255 e. The average Bonchev–Trinajstić information content (AvgIpc) is 3.06. The van der Waals surface area contributed by atoms with Gasteiger partial charge in [-0.1, -0.05) is 36.4 Å². The Morgan fingerprint density at radius 2 is 1.78 bits per heavy atom. The van der Waals surface area contributed by atoms with Crippen LogP contribution in [0.4, 0.5) is 5.69 Å². The molecule has 0 atom stereocenters. The Labute approximate surface area is 157 Å². The maximum atomic E-state index is 12.3. The number of benzene rings is 2. The standard InChI is InChI=1S/C22H20N2O3/c1-24-14-19(13-20(24)15-25)23-22(26)18-10-8-16(9-11-18)6-7-17-4-3-5-21(12-17)27-2/h3-15H,1-2H3,(H,23,26)/b7-6+. The minimum absolute atomic E-state index is 0.221. The van der Waals surface area contributed by atoms with Crippen LogP contribution >= 0.6 is 0 Å². The number of aromatic nitrogens is 1. The molecule has 136 valence electrons. The Hall–Kier alpha value is -3.60. The summed E-state index contributed by atoms with van der Waals surface area (Å²) in [6.45, 7) is 0. The number of rotatable bonds is 6. The number of carbonyl (C=O) groups excluding carboxylic acids is 2. The number of ether oxygens (including phenoxy) is 1. The quantitative estimate of drug-likeness (QED) is 0.527. The molecule has 1 N–H and O–H groups in total. The van der Waals surface area contributed by atoms with Crippen LogP contribution in [-0.4, -0.2) is 23.9 Å². The van der Waals surface area contributed by atoms with E-state index in [1.807, 2.05) is 48.6 Å². The molecular formula is C22H20N2O3. The molecule has 1 heterocycles. The lowest BCUT2D eigenvalue weighted by molar-refractivity contribution is 0.102. The average molecular weight is 360 g/mol. The summed E-state index contributed by atoms with van der Waals surface area (Å²) in [6, 6.07) is 16.7. The minimum atomic E-state index is -0.221. The van der Waals surface area contributed by atoms with E-state index in [0.29, 0.717) is 16.9 Å². The lowest BCUT2D eigenvalue weighted by atomic mass is 10.1. The van der Waals surface area contributed by atoms with Crippen molar-refractivity contribution in [1.82, 2.24) is 4.57 Å². The predicted octanol–water partition coefficient (Wildman–Crippen LogP) is 4.27. The second kappa shape index (κ2) is 8.19. The molecule has 0 spiro atoms. The predicted molar refractivity (Wildman–Crippen MR) is 107 cm³/mol. The lowest BCUT2D eigenvalue weighted by Gasteiger charge is -2.03. The SMILES string of the molecule is COc1cccc(/C=C/c2ccc(C(=O)Nc3cc(C=O)n(C)c3)cc2)c1. The monoisotopic (exact) mass is 360 g/mol. The summed E-state index contributed by atoms with van der Waals surface area (Å²) in [5.41, 5.74) is 3.66. The molecule has 2 aromatic carbocycles. The van der Waals surface area contributed by atoms with Gasteiger partial charge in [-0.15, -0.1) is 0 Å². The van der Waals surface area contributed by atoms with Crippen molar-refractivity contribution in [2.24, 2.45) is 7.05 Å². The molecule has 0 unspecified atom stereocenters. The first-order valence-electron chi connectivity index (χ1n) is 8.44. The minimum Gasteiger partial charge on any atom is -0.497 e. The zero-order valence-corrected chi connectivity index (χ0v) is 15.2. The van der Waals surface area contributed by atoms with Crippen molar-refractivity contribution in [2.75, 3.05) is 12.4 Å². The van der Waals surface area contributed by atoms with Crippen LogP contribution in [0.1, 0.15) is 32.0 Å². The summed E-state index contributed by atoms with van der Waals surface area (Å²) in [5.74, 6) is 0.587.